The summed E-state index contributed by atoms with van der Waals surface area (Å²) in [5, 5.41) is 5.75. The number of carbonyl (C=O) groups is 1. The summed E-state index contributed by atoms with van der Waals surface area (Å²) >= 11 is 0. The molecule has 0 bridgehead atoms. The predicted octanol–water partition coefficient (Wildman–Crippen LogP) is 3.65. The highest BCUT2D eigenvalue weighted by molar-refractivity contribution is 5.81. The molecule has 132 valence electrons. The Hall–Kier alpha value is -2.63. The van der Waals surface area contributed by atoms with E-state index in [1.807, 2.05) is 24.3 Å². The Balaban J connectivity index is 1.60. The van der Waals surface area contributed by atoms with Crippen molar-refractivity contribution >= 4 is 11.6 Å². The number of ether oxygens (including phenoxy) is 1. The summed E-state index contributed by atoms with van der Waals surface area (Å²) in [5.74, 6) is -0.408. The van der Waals surface area contributed by atoms with Gasteiger partial charge in [0.1, 0.15) is 17.4 Å². The van der Waals surface area contributed by atoms with Gasteiger partial charge in [0.2, 0.25) is 5.91 Å². The van der Waals surface area contributed by atoms with Gasteiger partial charge in [-0.05, 0) is 48.6 Å². The van der Waals surface area contributed by atoms with Gasteiger partial charge >= 0.3 is 0 Å². The van der Waals surface area contributed by atoms with E-state index in [1.165, 1.54) is 0 Å². The van der Waals surface area contributed by atoms with Crippen molar-refractivity contribution in [3.63, 3.8) is 0 Å². The van der Waals surface area contributed by atoms with E-state index < -0.39 is 11.6 Å². The molecule has 4 nitrogen and oxygen atoms in total. The molecule has 0 aromatic heterocycles. The minimum Gasteiger partial charge on any atom is -0.497 e. The normalized spacial score (nSPS) is 14.7. The van der Waals surface area contributed by atoms with Crippen LogP contribution in [0.5, 0.6) is 5.75 Å². The van der Waals surface area contributed by atoms with Crippen LogP contribution in [0, 0.1) is 17.6 Å². The van der Waals surface area contributed by atoms with Gasteiger partial charge in [-0.2, -0.15) is 0 Å². The zero-order chi connectivity index (χ0) is 17.8. The summed E-state index contributed by atoms with van der Waals surface area (Å²) in [5.41, 5.74) is 1.26. The average molecular weight is 346 g/mol. The van der Waals surface area contributed by atoms with Crippen molar-refractivity contribution in [2.24, 2.45) is 5.92 Å². The van der Waals surface area contributed by atoms with Gasteiger partial charge in [0, 0.05) is 11.8 Å². The molecule has 1 aliphatic rings. The largest absolute Gasteiger partial charge is 0.497 e. The molecule has 1 saturated carbocycles. The Kier molecular flexibility index (Phi) is 5.16. The Morgan fingerprint density at radius 1 is 1.16 bits per heavy atom. The fourth-order valence-electron chi connectivity index (χ4n) is 2.78. The zero-order valence-electron chi connectivity index (χ0n) is 13.9. The summed E-state index contributed by atoms with van der Waals surface area (Å²) < 4.78 is 31.5. The lowest BCUT2D eigenvalue weighted by molar-refractivity contribution is -0.120. The quantitative estimate of drug-likeness (QED) is 0.805. The first-order valence-electron chi connectivity index (χ1n) is 8.18. The summed E-state index contributed by atoms with van der Waals surface area (Å²) in [6, 6.07) is 10.6. The van der Waals surface area contributed by atoms with E-state index in [0.717, 1.165) is 42.4 Å². The van der Waals surface area contributed by atoms with Gasteiger partial charge in [-0.1, -0.05) is 12.1 Å². The van der Waals surface area contributed by atoms with Crippen LogP contribution in [0.4, 0.5) is 14.5 Å². The molecule has 1 amide bonds. The zero-order valence-corrected chi connectivity index (χ0v) is 13.9. The molecule has 25 heavy (non-hydrogen) atoms. The number of benzene rings is 2. The number of hydrogen-bond donors (Lipinski definition) is 2. The van der Waals surface area contributed by atoms with E-state index in [0.29, 0.717) is 5.92 Å². The second-order valence-electron chi connectivity index (χ2n) is 6.17. The van der Waals surface area contributed by atoms with Gasteiger partial charge in [0.25, 0.3) is 0 Å². The van der Waals surface area contributed by atoms with Crippen molar-refractivity contribution < 1.29 is 18.3 Å². The van der Waals surface area contributed by atoms with Crippen LogP contribution in [0.2, 0.25) is 0 Å². The topological polar surface area (TPSA) is 50.4 Å². The smallest absolute Gasteiger partial charge is 0.239 e. The van der Waals surface area contributed by atoms with Crippen LogP contribution in [0.1, 0.15) is 24.4 Å². The standard InChI is InChI=1S/C19H20F2N2O2/c1-25-17-6-4-13(5-7-17)19(12-2-3-12)23-18(24)11-22-16-9-14(20)8-15(21)10-16/h4-10,12,19,22H,2-3,11H2,1H3,(H,23,24). The SMILES string of the molecule is COc1ccc(C(NC(=O)CNc2cc(F)cc(F)c2)C2CC2)cc1. The van der Waals surface area contributed by atoms with Gasteiger partial charge in [0.15, 0.2) is 0 Å². The van der Waals surface area contributed by atoms with E-state index in [9.17, 15) is 13.6 Å². The summed E-state index contributed by atoms with van der Waals surface area (Å²) in [7, 11) is 1.61. The van der Waals surface area contributed by atoms with E-state index in [4.69, 9.17) is 4.74 Å². The lowest BCUT2D eigenvalue weighted by Gasteiger charge is -2.19. The van der Waals surface area contributed by atoms with Crippen LogP contribution < -0.4 is 15.4 Å². The first-order chi connectivity index (χ1) is 12.0. The number of hydrogen-bond acceptors (Lipinski definition) is 3. The first kappa shape index (κ1) is 17.2. The van der Waals surface area contributed by atoms with Crippen LogP contribution in [-0.2, 0) is 4.79 Å². The van der Waals surface area contributed by atoms with Crippen LogP contribution in [-0.4, -0.2) is 19.6 Å². The molecule has 6 heteroatoms. The lowest BCUT2D eigenvalue weighted by Crippen LogP contribution is -2.34. The maximum absolute atomic E-state index is 13.2. The number of carbonyl (C=O) groups excluding carboxylic acids is 1. The van der Waals surface area contributed by atoms with Crippen LogP contribution in [0.25, 0.3) is 0 Å². The van der Waals surface area contributed by atoms with Gasteiger partial charge in [-0.15, -0.1) is 0 Å². The van der Waals surface area contributed by atoms with Crippen molar-refractivity contribution in [1.29, 1.82) is 0 Å². The molecule has 0 spiro atoms. The molecular formula is C19H20F2N2O2. The highest BCUT2D eigenvalue weighted by Gasteiger charge is 2.33. The molecule has 1 aliphatic carbocycles. The van der Waals surface area contributed by atoms with Gasteiger partial charge in [-0.25, -0.2) is 8.78 Å². The number of methoxy groups -OCH3 is 1. The van der Waals surface area contributed by atoms with E-state index in [-0.39, 0.29) is 24.2 Å². The van der Waals surface area contributed by atoms with E-state index in [2.05, 4.69) is 10.6 Å². The molecule has 0 heterocycles. The van der Waals surface area contributed by atoms with Crippen molar-refractivity contribution in [2.75, 3.05) is 19.0 Å². The third kappa shape index (κ3) is 4.68. The molecule has 0 aliphatic heterocycles. The third-order valence-corrected chi connectivity index (χ3v) is 4.20. The number of nitrogens with one attached hydrogen (secondary N) is 2. The second-order valence-corrected chi connectivity index (χ2v) is 6.17. The third-order valence-electron chi connectivity index (χ3n) is 4.20. The number of anilines is 1. The number of amides is 1. The summed E-state index contributed by atoms with van der Waals surface area (Å²) in [6.45, 7) is -0.0533. The lowest BCUT2D eigenvalue weighted by atomic mass is 10.0. The van der Waals surface area contributed by atoms with Crippen LogP contribution >= 0.6 is 0 Å². The highest BCUT2D eigenvalue weighted by Crippen LogP contribution is 2.41. The van der Waals surface area contributed by atoms with Crippen molar-refractivity contribution in [3.05, 3.63) is 59.7 Å². The average Bonchev–Trinajstić information content (AvgIpc) is 3.42. The van der Waals surface area contributed by atoms with Gasteiger partial charge in [0.05, 0.1) is 19.7 Å². The Morgan fingerprint density at radius 3 is 2.36 bits per heavy atom. The monoisotopic (exact) mass is 346 g/mol. The molecule has 1 unspecified atom stereocenters. The molecule has 1 fully saturated rings. The summed E-state index contributed by atoms with van der Waals surface area (Å²) in [4.78, 5) is 12.2. The van der Waals surface area contributed by atoms with Crippen molar-refractivity contribution in [3.8, 4) is 5.75 Å². The Morgan fingerprint density at radius 2 is 1.80 bits per heavy atom. The molecule has 2 aromatic rings. The molecule has 1 atom stereocenters. The molecule has 0 radical (unpaired) electrons. The van der Waals surface area contributed by atoms with Gasteiger partial charge < -0.3 is 15.4 Å². The summed E-state index contributed by atoms with van der Waals surface area (Å²) in [6.07, 6.45) is 2.14. The maximum atomic E-state index is 13.2. The number of rotatable bonds is 7. The number of halogens is 2. The minimum atomic E-state index is -0.683. The molecular weight excluding hydrogens is 326 g/mol. The van der Waals surface area contributed by atoms with E-state index >= 15 is 0 Å². The highest BCUT2D eigenvalue weighted by atomic mass is 19.1. The van der Waals surface area contributed by atoms with Crippen LogP contribution in [0.15, 0.2) is 42.5 Å². The van der Waals surface area contributed by atoms with E-state index in [1.54, 1.807) is 7.11 Å². The molecule has 3 rings (SSSR count). The molecule has 0 saturated heterocycles. The van der Waals surface area contributed by atoms with Gasteiger partial charge in [-0.3, -0.25) is 4.79 Å². The predicted molar refractivity (Wildman–Crippen MR) is 91.4 cm³/mol. The molecule has 2 aromatic carbocycles. The minimum absolute atomic E-state index is 0.0533. The van der Waals surface area contributed by atoms with Crippen molar-refractivity contribution in [1.82, 2.24) is 5.32 Å². The van der Waals surface area contributed by atoms with Crippen LogP contribution in [0.3, 0.4) is 0 Å². The second kappa shape index (κ2) is 7.51. The molecule has 2 N–H and O–H groups in total. The van der Waals surface area contributed by atoms with Crippen molar-refractivity contribution in [2.45, 2.75) is 18.9 Å². The Bertz CT molecular complexity index is 725. The maximum Gasteiger partial charge on any atom is 0.239 e. The fraction of sp³-hybridized carbons (Fsp3) is 0.316. The first-order valence-corrected chi connectivity index (χ1v) is 8.18. The Labute approximate surface area is 145 Å². The fourth-order valence-corrected chi connectivity index (χ4v) is 2.78.